The molecule has 7 heteroatoms. The molecule has 1 fully saturated rings. The van der Waals surface area contributed by atoms with Gasteiger partial charge < -0.3 is 5.32 Å². The molecule has 0 bridgehead atoms. The first-order valence-corrected chi connectivity index (χ1v) is 10.2. The Hall–Kier alpha value is -2.69. The first kappa shape index (κ1) is 19.1. The van der Waals surface area contributed by atoms with Crippen LogP contribution in [0.1, 0.15) is 24.0 Å². The molecule has 27 heavy (non-hydrogen) atoms. The van der Waals surface area contributed by atoms with Crippen molar-refractivity contribution in [3.63, 3.8) is 0 Å². The Balaban J connectivity index is 1.62. The van der Waals surface area contributed by atoms with Crippen LogP contribution in [0.15, 0.2) is 53.4 Å². The molecule has 1 aliphatic heterocycles. The van der Waals surface area contributed by atoms with Crippen molar-refractivity contribution in [1.82, 2.24) is 4.31 Å². The lowest BCUT2D eigenvalue weighted by Gasteiger charge is -2.30. The Morgan fingerprint density at radius 3 is 2.41 bits per heavy atom. The molecule has 0 atom stereocenters. The molecule has 1 heterocycles. The number of hydrogen-bond acceptors (Lipinski definition) is 4. The van der Waals surface area contributed by atoms with Gasteiger partial charge in [-0.2, -0.15) is 9.57 Å². The van der Waals surface area contributed by atoms with Gasteiger partial charge in [-0.1, -0.05) is 12.1 Å². The summed E-state index contributed by atoms with van der Waals surface area (Å²) in [6.45, 7) is 2.56. The third-order valence-electron chi connectivity index (χ3n) is 4.73. The highest BCUT2D eigenvalue weighted by molar-refractivity contribution is 7.89. The predicted molar refractivity (Wildman–Crippen MR) is 102 cm³/mol. The van der Waals surface area contributed by atoms with Crippen molar-refractivity contribution >= 4 is 21.6 Å². The monoisotopic (exact) mass is 383 g/mol. The molecule has 1 N–H and O–H groups in total. The zero-order chi connectivity index (χ0) is 19.4. The van der Waals surface area contributed by atoms with E-state index in [2.05, 4.69) is 5.32 Å². The van der Waals surface area contributed by atoms with Gasteiger partial charge in [0.2, 0.25) is 15.9 Å². The lowest BCUT2D eigenvalue weighted by atomic mass is 9.97. The number of carbonyl (C=O) groups excluding carboxylic acids is 1. The third kappa shape index (κ3) is 4.35. The molecule has 0 radical (unpaired) electrons. The number of piperidine rings is 1. The Labute approximate surface area is 159 Å². The fraction of sp³-hybridized carbons (Fsp3) is 0.300. The number of sulfonamides is 1. The van der Waals surface area contributed by atoms with Crippen LogP contribution >= 0.6 is 0 Å². The van der Waals surface area contributed by atoms with E-state index in [1.54, 1.807) is 0 Å². The van der Waals surface area contributed by atoms with Crippen LogP contribution in [0.25, 0.3) is 0 Å². The Bertz CT molecular complexity index is 970. The average molecular weight is 383 g/mol. The maximum atomic E-state index is 12.7. The molecular weight excluding hydrogens is 362 g/mol. The van der Waals surface area contributed by atoms with Gasteiger partial charge in [-0.25, -0.2) is 8.42 Å². The van der Waals surface area contributed by atoms with E-state index in [9.17, 15) is 13.2 Å². The van der Waals surface area contributed by atoms with Gasteiger partial charge in [0.25, 0.3) is 0 Å². The molecule has 0 unspecified atom stereocenters. The van der Waals surface area contributed by atoms with Crippen molar-refractivity contribution in [2.24, 2.45) is 5.92 Å². The number of nitrogens with one attached hydrogen (secondary N) is 1. The Morgan fingerprint density at radius 2 is 1.81 bits per heavy atom. The largest absolute Gasteiger partial charge is 0.326 e. The van der Waals surface area contributed by atoms with Gasteiger partial charge in [0.05, 0.1) is 16.5 Å². The minimum atomic E-state index is -3.61. The van der Waals surface area contributed by atoms with Crippen LogP contribution in [0.4, 0.5) is 5.69 Å². The summed E-state index contributed by atoms with van der Waals surface area (Å²) in [5.41, 5.74) is 2.24. The molecule has 1 amide bonds. The number of carbonyl (C=O) groups is 1. The van der Waals surface area contributed by atoms with Crippen molar-refractivity contribution in [3.8, 4) is 6.07 Å². The summed E-state index contributed by atoms with van der Waals surface area (Å²) in [7, 11) is -3.61. The van der Waals surface area contributed by atoms with Gasteiger partial charge >= 0.3 is 0 Å². The molecule has 0 saturated carbocycles. The number of amides is 1. The lowest BCUT2D eigenvalue weighted by molar-refractivity contribution is -0.120. The molecule has 0 spiro atoms. The minimum Gasteiger partial charge on any atom is -0.326 e. The Morgan fingerprint density at radius 1 is 1.15 bits per heavy atom. The van der Waals surface area contributed by atoms with E-state index in [0.29, 0.717) is 31.5 Å². The molecule has 3 rings (SSSR count). The van der Waals surface area contributed by atoms with E-state index < -0.39 is 10.0 Å². The summed E-state index contributed by atoms with van der Waals surface area (Å²) in [4.78, 5) is 12.6. The normalized spacial score (nSPS) is 15.9. The molecule has 2 aromatic carbocycles. The molecule has 1 saturated heterocycles. The highest BCUT2D eigenvalue weighted by Crippen LogP contribution is 2.25. The third-order valence-corrected chi connectivity index (χ3v) is 6.64. The average Bonchev–Trinajstić information content (AvgIpc) is 2.68. The van der Waals surface area contributed by atoms with Crippen LogP contribution in [0.2, 0.25) is 0 Å². The quantitative estimate of drug-likeness (QED) is 0.879. The second-order valence-electron chi connectivity index (χ2n) is 6.67. The predicted octanol–water partition coefficient (Wildman–Crippen LogP) is 2.91. The number of aryl methyl sites for hydroxylation is 1. The van der Waals surface area contributed by atoms with Gasteiger partial charge in [0, 0.05) is 24.7 Å². The van der Waals surface area contributed by atoms with Gasteiger partial charge in [-0.05, 0) is 61.7 Å². The summed E-state index contributed by atoms with van der Waals surface area (Å²) in [5.74, 6) is -0.283. The smallest absolute Gasteiger partial charge is 0.243 e. The fourth-order valence-electron chi connectivity index (χ4n) is 3.18. The number of rotatable bonds is 4. The van der Waals surface area contributed by atoms with Gasteiger partial charge in [0.15, 0.2) is 0 Å². The van der Waals surface area contributed by atoms with Crippen molar-refractivity contribution in [2.75, 3.05) is 18.4 Å². The first-order chi connectivity index (χ1) is 12.9. The number of anilines is 1. The maximum absolute atomic E-state index is 12.7. The van der Waals surface area contributed by atoms with E-state index in [1.807, 2.05) is 37.3 Å². The Kier molecular flexibility index (Phi) is 5.59. The second kappa shape index (κ2) is 7.91. The van der Waals surface area contributed by atoms with Gasteiger partial charge in [-0.15, -0.1) is 0 Å². The number of benzene rings is 2. The lowest BCUT2D eigenvalue weighted by Crippen LogP contribution is -2.41. The van der Waals surface area contributed by atoms with Crippen LogP contribution in [-0.2, 0) is 14.8 Å². The van der Waals surface area contributed by atoms with Crippen LogP contribution in [0.3, 0.4) is 0 Å². The standard InChI is InChI=1S/C20H21N3O3S/c1-15-3-2-4-18(13-15)22-20(24)17-9-11-23(12-10-17)27(25,26)19-7-5-16(14-21)6-8-19/h2-8,13,17H,9-12H2,1H3,(H,22,24). The summed E-state index contributed by atoms with van der Waals surface area (Å²) in [6.07, 6.45) is 0.959. The van der Waals surface area contributed by atoms with Crippen molar-refractivity contribution in [1.29, 1.82) is 5.26 Å². The summed E-state index contributed by atoms with van der Waals surface area (Å²) in [5, 5.41) is 11.7. The zero-order valence-corrected chi connectivity index (χ0v) is 15.9. The van der Waals surface area contributed by atoms with Crippen molar-refractivity contribution in [3.05, 3.63) is 59.7 Å². The molecule has 0 aliphatic carbocycles. The molecule has 140 valence electrons. The zero-order valence-electron chi connectivity index (χ0n) is 15.1. The maximum Gasteiger partial charge on any atom is 0.243 e. The molecule has 1 aliphatic rings. The number of hydrogen-bond donors (Lipinski definition) is 1. The summed E-state index contributed by atoms with van der Waals surface area (Å²) < 4.78 is 26.9. The molecule has 0 aromatic heterocycles. The molecule has 2 aromatic rings. The fourth-order valence-corrected chi connectivity index (χ4v) is 4.65. The highest BCUT2D eigenvalue weighted by Gasteiger charge is 2.32. The van der Waals surface area contributed by atoms with Crippen LogP contribution in [0, 0.1) is 24.2 Å². The SMILES string of the molecule is Cc1cccc(NC(=O)C2CCN(S(=O)(=O)c3ccc(C#N)cc3)CC2)c1. The molecule has 6 nitrogen and oxygen atoms in total. The van der Waals surface area contributed by atoms with Gasteiger partial charge in [-0.3, -0.25) is 4.79 Å². The number of nitriles is 1. The van der Waals surface area contributed by atoms with Crippen LogP contribution in [-0.4, -0.2) is 31.7 Å². The van der Waals surface area contributed by atoms with Crippen molar-refractivity contribution < 1.29 is 13.2 Å². The van der Waals surface area contributed by atoms with E-state index in [0.717, 1.165) is 11.3 Å². The van der Waals surface area contributed by atoms with Crippen LogP contribution in [0.5, 0.6) is 0 Å². The van der Waals surface area contributed by atoms with Gasteiger partial charge in [0.1, 0.15) is 0 Å². The van der Waals surface area contributed by atoms with Crippen molar-refractivity contribution in [2.45, 2.75) is 24.7 Å². The second-order valence-corrected chi connectivity index (χ2v) is 8.61. The van der Waals surface area contributed by atoms with E-state index in [-0.39, 0.29) is 16.7 Å². The highest BCUT2D eigenvalue weighted by atomic mass is 32.2. The first-order valence-electron chi connectivity index (χ1n) is 8.78. The van der Waals surface area contributed by atoms with E-state index in [4.69, 9.17) is 5.26 Å². The topological polar surface area (TPSA) is 90.3 Å². The number of nitrogens with zero attached hydrogens (tertiary/aromatic N) is 2. The van der Waals surface area contributed by atoms with Crippen LogP contribution < -0.4 is 5.32 Å². The van der Waals surface area contributed by atoms with E-state index in [1.165, 1.54) is 28.6 Å². The summed E-state index contributed by atoms with van der Waals surface area (Å²) >= 11 is 0. The minimum absolute atomic E-state index is 0.0731. The van der Waals surface area contributed by atoms with E-state index >= 15 is 0 Å². The summed E-state index contributed by atoms with van der Waals surface area (Å²) in [6, 6.07) is 15.5. The molecular formula is C20H21N3O3S.